The molecule has 6 nitrogen and oxygen atoms in total. The van der Waals surface area contributed by atoms with Crippen molar-refractivity contribution in [3.63, 3.8) is 0 Å². The van der Waals surface area contributed by atoms with Crippen LogP contribution in [0.25, 0.3) is 10.2 Å². The Bertz CT molecular complexity index is 716. The zero-order valence-corrected chi connectivity index (χ0v) is 13.9. The number of nitrogens with zero attached hydrogens (tertiary/aromatic N) is 4. The normalized spacial score (nSPS) is 21.1. The summed E-state index contributed by atoms with van der Waals surface area (Å²) in [5.74, 6) is 1.12. The summed E-state index contributed by atoms with van der Waals surface area (Å²) in [6.45, 7) is 3.02. The highest BCUT2D eigenvalue weighted by molar-refractivity contribution is 7.16. The Morgan fingerprint density at radius 1 is 1.17 bits per heavy atom. The van der Waals surface area contributed by atoms with E-state index in [2.05, 4.69) is 20.9 Å². The van der Waals surface area contributed by atoms with Gasteiger partial charge in [-0.1, -0.05) is 12.8 Å². The van der Waals surface area contributed by atoms with Gasteiger partial charge in [0, 0.05) is 26.2 Å². The Morgan fingerprint density at radius 3 is 2.65 bits per heavy atom. The molecule has 0 aromatic carbocycles. The monoisotopic (exact) mass is 331 g/mol. The number of carbonyl (C=O) groups excluding carboxylic acids is 1. The van der Waals surface area contributed by atoms with E-state index in [1.165, 1.54) is 0 Å². The first-order valence-electron chi connectivity index (χ1n) is 8.19. The van der Waals surface area contributed by atoms with Crippen LogP contribution in [0.4, 0.5) is 5.82 Å². The van der Waals surface area contributed by atoms with E-state index >= 15 is 0 Å². The molecule has 0 spiro atoms. The van der Waals surface area contributed by atoms with Gasteiger partial charge in [-0.15, -0.1) is 11.3 Å². The fraction of sp³-hybridized carbons (Fsp3) is 0.562. The lowest BCUT2D eigenvalue weighted by atomic mass is 9.97. The van der Waals surface area contributed by atoms with E-state index in [4.69, 9.17) is 5.73 Å². The van der Waals surface area contributed by atoms with E-state index in [1.54, 1.807) is 17.7 Å². The van der Waals surface area contributed by atoms with Gasteiger partial charge < -0.3 is 15.5 Å². The molecule has 2 aliphatic rings. The molecule has 2 fully saturated rings. The molecule has 0 radical (unpaired) electrons. The van der Waals surface area contributed by atoms with E-state index in [0.717, 1.165) is 54.8 Å². The van der Waals surface area contributed by atoms with Crippen LogP contribution in [-0.4, -0.2) is 52.5 Å². The molecule has 1 aliphatic carbocycles. The second-order valence-corrected chi connectivity index (χ2v) is 7.37. The zero-order valence-electron chi connectivity index (χ0n) is 13.1. The van der Waals surface area contributed by atoms with E-state index < -0.39 is 5.54 Å². The SMILES string of the molecule is NC1(C(=O)N2CCN(c3ncnc4sccc34)CC2)CCCC1. The van der Waals surface area contributed by atoms with Gasteiger partial charge in [-0.25, -0.2) is 9.97 Å². The van der Waals surface area contributed by atoms with Crippen LogP contribution in [0.15, 0.2) is 17.8 Å². The molecule has 7 heteroatoms. The predicted molar refractivity (Wildman–Crippen MR) is 91.6 cm³/mol. The number of nitrogens with two attached hydrogens (primary N) is 1. The van der Waals surface area contributed by atoms with Gasteiger partial charge in [-0.05, 0) is 24.3 Å². The number of hydrogen-bond donors (Lipinski definition) is 1. The summed E-state index contributed by atoms with van der Waals surface area (Å²) < 4.78 is 0. The molecule has 1 aliphatic heterocycles. The molecule has 0 unspecified atom stereocenters. The lowest BCUT2D eigenvalue weighted by Crippen LogP contribution is -2.58. The van der Waals surface area contributed by atoms with E-state index in [0.29, 0.717) is 13.1 Å². The van der Waals surface area contributed by atoms with Crippen LogP contribution in [0, 0.1) is 0 Å². The van der Waals surface area contributed by atoms with Crippen molar-refractivity contribution in [3.8, 4) is 0 Å². The van der Waals surface area contributed by atoms with Crippen molar-refractivity contribution in [2.75, 3.05) is 31.1 Å². The number of fused-ring (bicyclic) bond motifs is 1. The van der Waals surface area contributed by atoms with Crippen LogP contribution in [0.2, 0.25) is 0 Å². The minimum atomic E-state index is -0.613. The smallest absolute Gasteiger partial charge is 0.242 e. The Kier molecular flexibility index (Phi) is 3.69. The molecule has 2 aromatic heterocycles. The standard InChI is InChI=1S/C16H21N5OS/c17-16(4-1-2-5-16)15(22)21-8-6-20(7-9-21)13-12-3-10-23-14(12)19-11-18-13/h3,10-11H,1-2,4-9,17H2. The predicted octanol–water partition coefficient (Wildman–Crippen LogP) is 1.61. The summed E-state index contributed by atoms with van der Waals surface area (Å²) in [6.07, 6.45) is 5.42. The number of aromatic nitrogens is 2. The van der Waals surface area contributed by atoms with Gasteiger partial charge in [0.15, 0.2) is 0 Å². The van der Waals surface area contributed by atoms with Gasteiger partial charge in [-0.3, -0.25) is 4.79 Å². The molecule has 2 aromatic rings. The molecule has 3 heterocycles. The van der Waals surface area contributed by atoms with Gasteiger partial charge in [-0.2, -0.15) is 0 Å². The maximum Gasteiger partial charge on any atom is 0.242 e. The maximum atomic E-state index is 12.7. The van der Waals surface area contributed by atoms with Crippen molar-refractivity contribution in [3.05, 3.63) is 17.8 Å². The summed E-state index contributed by atoms with van der Waals surface area (Å²) in [5, 5.41) is 3.14. The first-order valence-corrected chi connectivity index (χ1v) is 9.07. The number of hydrogen-bond acceptors (Lipinski definition) is 6. The van der Waals surface area contributed by atoms with Crippen molar-refractivity contribution in [1.82, 2.24) is 14.9 Å². The molecular weight excluding hydrogens is 310 g/mol. The number of piperazine rings is 1. The Morgan fingerprint density at radius 2 is 1.91 bits per heavy atom. The number of carbonyl (C=O) groups is 1. The van der Waals surface area contributed by atoms with Crippen LogP contribution in [-0.2, 0) is 4.79 Å². The second kappa shape index (κ2) is 5.72. The van der Waals surface area contributed by atoms with Crippen LogP contribution < -0.4 is 10.6 Å². The molecule has 2 N–H and O–H groups in total. The maximum absolute atomic E-state index is 12.7. The minimum Gasteiger partial charge on any atom is -0.352 e. The van der Waals surface area contributed by atoms with E-state index in [-0.39, 0.29) is 5.91 Å². The lowest BCUT2D eigenvalue weighted by molar-refractivity contribution is -0.137. The van der Waals surface area contributed by atoms with Crippen LogP contribution in [0.3, 0.4) is 0 Å². The third-order valence-electron chi connectivity index (χ3n) is 5.03. The third-order valence-corrected chi connectivity index (χ3v) is 5.85. The van der Waals surface area contributed by atoms with Gasteiger partial charge in [0.25, 0.3) is 0 Å². The molecular formula is C16H21N5OS. The highest BCUT2D eigenvalue weighted by Crippen LogP contribution is 2.30. The molecule has 1 saturated carbocycles. The number of thiophene rings is 1. The quantitative estimate of drug-likeness (QED) is 0.905. The molecule has 1 amide bonds. The summed E-state index contributed by atoms with van der Waals surface area (Å²) in [4.78, 5) is 26.7. The molecule has 1 saturated heterocycles. The largest absolute Gasteiger partial charge is 0.352 e. The van der Waals surface area contributed by atoms with Crippen LogP contribution in [0.5, 0.6) is 0 Å². The minimum absolute atomic E-state index is 0.137. The van der Waals surface area contributed by atoms with Gasteiger partial charge in [0.05, 0.1) is 10.9 Å². The summed E-state index contributed by atoms with van der Waals surface area (Å²) in [6, 6.07) is 2.07. The molecule has 122 valence electrons. The average Bonchev–Trinajstić information content (AvgIpc) is 3.23. The number of rotatable bonds is 2. The Hall–Kier alpha value is -1.73. The Balaban J connectivity index is 1.47. The van der Waals surface area contributed by atoms with Crippen molar-refractivity contribution >= 4 is 33.3 Å². The fourth-order valence-electron chi connectivity index (χ4n) is 3.68. The van der Waals surface area contributed by atoms with Crippen molar-refractivity contribution in [2.45, 2.75) is 31.2 Å². The van der Waals surface area contributed by atoms with Crippen molar-refractivity contribution in [1.29, 1.82) is 0 Å². The summed E-state index contributed by atoms with van der Waals surface area (Å²) >= 11 is 1.63. The fourth-order valence-corrected chi connectivity index (χ4v) is 4.41. The van der Waals surface area contributed by atoms with Gasteiger partial charge in [0.2, 0.25) is 5.91 Å². The first kappa shape index (κ1) is 14.8. The van der Waals surface area contributed by atoms with Gasteiger partial charge in [0.1, 0.15) is 17.0 Å². The Labute approximate surface area is 139 Å². The van der Waals surface area contributed by atoms with Gasteiger partial charge >= 0.3 is 0 Å². The summed E-state index contributed by atoms with van der Waals surface area (Å²) in [7, 11) is 0. The molecule has 4 rings (SSSR count). The van der Waals surface area contributed by atoms with E-state index in [1.807, 2.05) is 10.3 Å². The third kappa shape index (κ3) is 2.57. The van der Waals surface area contributed by atoms with E-state index in [9.17, 15) is 4.79 Å². The summed E-state index contributed by atoms with van der Waals surface area (Å²) in [5.41, 5.74) is 5.70. The first-order chi connectivity index (χ1) is 11.2. The van der Waals surface area contributed by atoms with Crippen LogP contribution >= 0.6 is 11.3 Å². The zero-order chi connectivity index (χ0) is 15.9. The highest BCUT2D eigenvalue weighted by atomic mass is 32.1. The molecule has 0 bridgehead atoms. The highest BCUT2D eigenvalue weighted by Gasteiger charge is 2.40. The van der Waals surface area contributed by atoms with Crippen LogP contribution in [0.1, 0.15) is 25.7 Å². The number of anilines is 1. The lowest BCUT2D eigenvalue weighted by Gasteiger charge is -2.39. The second-order valence-electron chi connectivity index (χ2n) is 6.48. The van der Waals surface area contributed by atoms with Crippen molar-refractivity contribution in [2.24, 2.45) is 5.73 Å². The number of amides is 1. The molecule has 0 atom stereocenters. The average molecular weight is 331 g/mol. The topological polar surface area (TPSA) is 75.4 Å². The van der Waals surface area contributed by atoms with Crippen molar-refractivity contribution < 1.29 is 4.79 Å². The molecule has 23 heavy (non-hydrogen) atoms.